The van der Waals surface area contributed by atoms with Crippen LogP contribution in [-0.2, 0) is 9.57 Å². The summed E-state index contributed by atoms with van der Waals surface area (Å²) in [5.41, 5.74) is 2.33. The fourth-order valence-electron chi connectivity index (χ4n) is 1.89. The minimum absolute atomic E-state index is 0.380. The van der Waals surface area contributed by atoms with Crippen molar-refractivity contribution >= 4 is 29.5 Å². The van der Waals surface area contributed by atoms with E-state index < -0.39 is 11.9 Å². The molecule has 110 valence electrons. The smallest absolute Gasteiger partial charge is 0.375 e. The number of aryl methyl sites for hydroxylation is 2. The molecule has 2 heterocycles. The number of H-pyrrole nitrogens is 1. The van der Waals surface area contributed by atoms with E-state index in [1.807, 2.05) is 0 Å². The average Bonchev–Trinajstić information content (AvgIpc) is 3.07. The minimum atomic E-state index is -0.536. The molecule has 0 fully saturated rings. The van der Waals surface area contributed by atoms with Crippen LogP contribution in [-0.4, -0.2) is 30.2 Å². The number of ether oxygens (including phenoxy) is 1. The van der Waals surface area contributed by atoms with Gasteiger partial charge < -0.3 is 14.6 Å². The van der Waals surface area contributed by atoms with Crippen molar-refractivity contribution < 1.29 is 19.2 Å². The highest BCUT2D eigenvalue weighted by molar-refractivity contribution is 7.11. The quantitative estimate of drug-likeness (QED) is 0.407. The van der Waals surface area contributed by atoms with Crippen LogP contribution in [0.4, 0.5) is 0 Å². The Morgan fingerprint density at radius 1 is 1.29 bits per heavy atom. The minimum Gasteiger partial charge on any atom is -0.465 e. The SMILES string of the molecule is COC(=O)c1c(C)[nH]c(C)c1/C=N\OC(=O)c1cccs1. The molecule has 0 aromatic carbocycles. The molecule has 0 aliphatic rings. The molecule has 21 heavy (non-hydrogen) atoms. The Hall–Kier alpha value is -2.41. The standard InChI is InChI=1S/C14H14N2O4S/c1-8-10(12(9(2)16-8)14(18)19-3)7-15-20-13(17)11-5-4-6-21-11/h4-7,16H,1-3H3/b15-7-. The van der Waals surface area contributed by atoms with Crippen molar-refractivity contribution in [1.29, 1.82) is 0 Å². The molecule has 6 nitrogen and oxygen atoms in total. The number of carbonyl (C=O) groups is 2. The maximum Gasteiger partial charge on any atom is 0.375 e. The fraction of sp³-hybridized carbons (Fsp3) is 0.214. The Labute approximate surface area is 125 Å². The van der Waals surface area contributed by atoms with E-state index in [0.717, 1.165) is 5.69 Å². The fourth-order valence-corrected chi connectivity index (χ4v) is 2.49. The zero-order valence-corrected chi connectivity index (χ0v) is 12.6. The number of nitrogens with one attached hydrogen (secondary N) is 1. The van der Waals surface area contributed by atoms with Gasteiger partial charge in [0.05, 0.1) is 18.9 Å². The van der Waals surface area contributed by atoms with Crippen molar-refractivity contribution in [3.05, 3.63) is 44.9 Å². The van der Waals surface area contributed by atoms with E-state index in [2.05, 4.69) is 10.1 Å². The molecule has 0 radical (unpaired) electrons. The van der Waals surface area contributed by atoms with Crippen LogP contribution in [0.5, 0.6) is 0 Å². The van der Waals surface area contributed by atoms with E-state index in [1.54, 1.807) is 31.4 Å². The van der Waals surface area contributed by atoms with Gasteiger partial charge in [-0.1, -0.05) is 11.2 Å². The third-order valence-corrected chi connectivity index (χ3v) is 3.70. The molecule has 0 bridgehead atoms. The highest BCUT2D eigenvalue weighted by Crippen LogP contribution is 2.17. The largest absolute Gasteiger partial charge is 0.465 e. The average molecular weight is 306 g/mol. The summed E-state index contributed by atoms with van der Waals surface area (Å²) in [6.45, 7) is 3.55. The van der Waals surface area contributed by atoms with Crippen LogP contribution in [0.3, 0.4) is 0 Å². The third kappa shape index (κ3) is 3.19. The number of aromatic amines is 1. The molecule has 2 aromatic rings. The van der Waals surface area contributed by atoms with Gasteiger partial charge in [0.2, 0.25) is 0 Å². The Kier molecular flexibility index (Phi) is 4.54. The highest BCUT2D eigenvalue weighted by Gasteiger charge is 2.19. The number of nitrogens with zero attached hydrogens (tertiary/aromatic N) is 1. The predicted octanol–water partition coefficient (Wildman–Crippen LogP) is 2.67. The second-order valence-corrected chi connectivity index (χ2v) is 5.19. The second kappa shape index (κ2) is 6.36. The van der Waals surface area contributed by atoms with Gasteiger partial charge in [-0.2, -0.15) is 0 Å². The van der Waals surface area contributed by atoms with E-state index in [0.29, 0.717) is 21.7 Å². The monoisotopic (exact) mass is 306 g/mol. The Balaban J connectivity index is 2.18. The van der Waals surface area contributed by atoms with Crippen LogP contribution < -0.4 is 0 Å². The van der Waals surface area contributed by atoms with Gasteiger partial charge >= 0.3 is 11.9 Å². The zero-order chi connectivity index (χ0) is 15.4. The van der Waals surface area contributed by atoms with Crippen molar-refractivity contribution in [1.82, 2.24) is 4.98 Å². The summed E-state index contributed by atoms with van der Waals surface area (Å²) in [5.74, 6) is -1.01. The number of hydrogen-bond donors (Lipinski definition) is 1. The predicted molar refractivity (Wildman–Crippen MR) is 78.9 cm³/mol. The Morgan fingerprint density at radius 2 is 2.05 bits per heavy atom. The lowest BCUT2D eigenvalue weighted by Gasteiger charge is -2.00. The summed E-state index contributed by atoms with van der Waals surface area (Å²) in [6, 6.07) is 3.40. The molecule has 0 amide bonds. The lowest BCUT2D eigenvalue weighted by Crippen LogP contribution is -2.06. The molecule has 0 aliphatic heterocycles. The number of hydrogen-bond acceptors (Lipinski definition) is 6. The van der Waals surface area contributed by atoms with Gasteiger partial charge in [-0.15, -0.1) is 11.3 Å². The maximum atomic E-state index is 11.7. The number of esters is 1. The lowest BCUT2D eigenvalue weighted by molar-refractivity contribution is 0.0524. The Morgan fingerprint density at radius 3 is 2.67 bits per heavy atom. The molecule has 7 heteroatoms. The van der Waals surface area contributed by atoms with Crippen LogP contribution in [0.1, 0.15) is 37.0 Å². The van der Waals surface area contributed by atoms with Crippen molar-refractivity contribution in [3.63, 3.8) is 0 Å². The molecule has 0 unspecified atom stereocenters. The van der Waals surface area contributed by atoms with E-state index in [-0.39, 0.29) is 0 Å². The molecule has 2 aromatic heterocycles. The first-order valence-electron chi connectivity index (χ1n) is 6.10. The van der Waals surface area contributed by atoms with E-state index in [1.165, 1.54) is 24.7 Å². The van der Waals surface area contributed by atoms with Crippen LogP contribution in [0, 0.1) is 13.8 Å². The van der Waals surface area contributed by atoms with Gasteiger partial charge in [0.1, 0.15) is 4.88 Å². The first kappa shape index (κ1) is 15.0. The first-order valence-corrected chi connectivity index (χ1v) is 6.98. The third-order valence-electron chi connectivity index (χ3n) is 2.85. The van der Waals surface area contributed by atoms with E-state index >= 15 is 0 Å². The topological polar surface area (TPSA) is 80.8 Å². The van der Waals surface area contributed by atoms with Gasteiger partial charge in [-0.25, -0.2) is 9.59 Å². The molecule has 0 saturated heterocycles. The number of aromatic nitrogens is 1. The number of thiophene rings is 1. The molecule has 0 aliphatic carbocycles. The summed E-state index contributed by atoms with van der Waals surface area (Å²) < 4.78 is 4.73. The summed E-state index contributed by atoms with van der Waals surface area (Å²) in [6.07, 6.45) is 1.33. The lowest BCUT2D eigenvalue weighted by atomic mass is 10.1. The summed E-state index contributed by atoms with van der Waals surface area (Å²) in [5, 5.41) is 5.43. The van der Waals surface area contributed by atoms with Crippen molar-refractivity contribution in [2.75, 3.05) is 7.11 Å². The van der Waals surface area contributed by atoms with E-state index in [9.17, 15) is 9.59 Å². The molecular formula is C14H14N2O4S. The highest BCUT2D eigenvalue weighted by atomic mass is 32.1. The normalized spacial score (nSPS) is 10.8. The van der Waals surface area contributed by atoms with Crippen LogP contribution in [0.2, 0.25) is 0 Å². The van der Waals surface area contributed by atoms with Crippen LogP contribution >= 0.6 is 11.3 Å². The molecule has 2 rings (SSSR count). The van der Waals surface area contributed by atoms with Gasteiger partial charge in [0.25, 0.3) is 0 Å². The summed E-state index contributed by atoms with van der Waals surface area (Å²) >= 11 is 1.27. The van der Waals surface area contributed by atoms with Crippen LogP contribution in [0.25, 0.3) is 0 Å². The number of oxime groups is 1. The van der Waals surface area contributed by atoms with Crippen molar-refractivity contribution in [2.24, 2.45) is 5.16 Å². The molecule has 1 N–H and O–H groups in total. The summed E-state index contributed by atoms with van der Waals surface area (Å²) in [7, 11) is 1.31. The van der Waals surface area contributed by atoms with Crippen molar-refractivity contribution in [2.45, 2.75) is 13.8 Å². The van der Waals surface area contributed by atoms with Gasteiger partial charge in [0, 0.05) is 17.0 Å². The van der Waals surface area contributed by atoms with E-state index in [4.69, 9.17) is 9.57 Å². The number of carbonyl (C=O) groups excluding carboxylic acids is 2. The van der Waals surface area contributed by atoms with Crippen molar-refractivity contribution in [3.8, 4) is 0 Å². The number of methoxy groups -OCH3 is 1. The maximum absolute atomic E-state index is 11.7. The molecule has 0 atom stereocenters. The first-order chi connectivity index (χ1) is 10.0. The van der Waals surface area contributed by atoms with Gasteiger partial charge in [0.15, 0.2) is 0 Å². The molecule has 0 saturated carbocycles. The second-order valence-electron chi connectivity index (χ2n) is 4.25. The molecular weight excluding hydrogens is 292 g/mol. The summed E-state index contributed by atoms with van der Waals surface area (Å²) in [4.78, 5) is 31.7. The van der Waals surface area contributed by atoms with Gasteiger partial charge in [-0.3, -0.25) is 0 Å². The number of rotatable bonds is 4. The van der Waals surface area contributed by atoms with Gasteiger partial charge in [-0.05, 0) is 25.3 Å². The zero-order valence-electron chi connectivity index (χ0n) is 11.8. The Bertz CT molecular complexity index is 686. The van der Waals surface area contributed by atoms with Crippen LogP contribution in [0.15, 0.2) is 22.7 Å². The molecule has 0 spiro atoms.